The van der Waals surface area contributed by atoms with Crippen molar-refractivity contribution in [3.63, 3.8) is 0 Å². The van der Waals surface area contributed by atoms with Gasteiger partial charge in [-0.25, -0.2) is 0 Å². The highest BCUT2D eigenvalue weighted by Gasteiger charge is 2.40. The van der Waals surface area contributed by atoms with E-state index in [1.54, 1.807) is 4.90 Å². The molecule has 0 spiro atoms. The molecule has 1 amide bonds. The van der Waals surface area contributed by atoms with Crippen LogP contribution in [0.15, 0.2) is 0 Å². The normalized spacial score (nSPS) is 19.2. The fraction of sp³-hybridized carbons (Fsp3) is 0.867. The molecule has 1 heterocycles. The molecule has 1 atom stereocenters. The van der Waals surface area contributed by atoms with Crippen molar-refractivity contribution in [2.45, 2.75) is 59.5 Å². The molecule has 0 radical (unpaired) electrons. The van der Waals surface area contributed by atoms with Crippen molar-refractivity contribution in [1.29, 1.82) is 5.26 Å². The molecule has 1 unspecified atom stereocenters. The van der Waals surface area contributed by atoms with E-state index in [0.29, 0.717) is 32.4 Å². The maximum atomic E-state index is 11.8. The number of nitriles is 1. The van der Waals surface area contributed by atoms with Gasteiger partial charge in [0.25, 0.3) is 0 Å². The average molecular weight is 268 g/mol. The van der Waals surface area contributed by atoms with Gasteiger partial charge in [-0.2, -0.15) is 5.26 Å². The number of hydrogen-bond acceptors (Lipinski definition) is 3. The summed E-state index contributed by atoms with van der Waals surface area (Å²) < 4.78 is 0. The number of aliphatic hydroxyl groups is 1. The van der Waals surface area contributed by atoms with E-state index in [1.807, 2.05) is 34.6 Å². The lowest BCUT2D eigenvalue weighted by atomic mass is 9.79. The van der Waals surface area contributed by atoms with Crippen LogP contribution in [0, 0.1) is 23.2 Å². The molecule has 0 aromatic heterocycles. The molecule has 1 saturated heterocycles. The first-order valence-electron chi connectivity index (χ1n) is 7.35. The van der Waals surface area contributed by atoms with Gasteiger partial charge in [-0.1, -0.05) is 34.6 Å². The third-order valence-corrected chi connectivity index (χ3v) is 3.65. The number of carbonyl (C=O) groups is 1. The van der Waals surface area contributed by atoms with Crippen LogP contribution in [0.5, 0.6) is 0 Å². The highest BCUT2D eigenvalue weighted by molar-refractivity contribution is 5.78. The molecule has 1 rings (SSSR count). The lowest BCUT2D eigenvalue weighted by Gasteiger charge is -2.41. The van der Waals surface area contributed by atoms with Gasteiger partial charge < -0.3 is 10.0 Å². The number of amides is 1. The van der Waals surface area contributed by atoms with Crippen LogP contribution in [0.2, 0.25) is 0 Å². The number of likely N-dealkylation sites (tertiary alicyclic amines) is 1. The van der Waals surface area contributed by atoms with Gasteiger partial charge >= 0.3 is 0 Å². The summed E-state index contributed by atoms with van der Waals surface area (Å²) in [4.78, 5) is 13.6. The molecule has 0 aromatic carbocycles. The number of carbonyl (C=O) groups excluding carboxylic acids is 1. The Hall–Kier alpha value is -1.08. The second kappa shape index (κ2) is 8.16. The minimum Gasteiger partial charge on any atom is -0.388 e. The summed E-state index contributed by atoms with van der Waals surface area (Å²) in [5, 5.41) is 19.4. The molecule has 0 saturated carbocycles. The number of nitrogens with zero attached hydrogens (tertiary/aromatic N) is 2. The molecule has 4 nitrogen and oxygen atoms in total. The molecule has 1 fully saturated rings. The SMILES string of the molecule is CC.CCC(C#N)C1(O)CCN(C(=O)C(C)C)CC1. The van der Waals surface area contributed by atoms with Crippen molar-refractivity contribution in [2.75, 3.05) is 13.1 Å². The van der Waals surface area contributed by atoms with Crippen LogP contribution in [0.3, 0.4) is 0 Å². The van der Waals surface area contributed by atoms with E-state index in [0.717, 1.165) is 0 Å². The topological polar surface area (TPSA) is 64.3 Å². The maximum Gasteiger partial charge on any atom is 0.225 e. The zero-order valence-corrected chi connectivity index (χ0v) is 12.9. The Balaban J connectivity index is 0.00000154. The average Bonchev–Trinajstić information content (AvgIpc) is 2.42. The minimum absolute atomic E-state index is 0.000804. The van der Waals surface area contributed by atoms with Gasteiger partial charge in [0.2, 0.25) is 5.91 Å². The monoisotopic (exact) mass is 268 g/mol. The Morgan fingerprint density at radius 1 is 1.37 bits per heavy atom. The zero-order valence-electron chi connectivity index (χ0n) is 12.9. The number of piperidine rings is 1. The molecular formula is C15H28N2O2. The summed E-state index contributed by atoms with van der Waals surface area (Å²) in [6.07, 6.45) is 1.68. The summed E-state index contributed by atoms with van der Waals surface area (Å²) in [7, 11) is 0. The van der Waals surface area contributed by atoms with Crippen LogP contribution in [-0.2, 0) is 4.79 Å². The summed E-state index contributed by atoms with van der Waals surface area (Å²) in [6.45, 7) is 10.8. The summed E-state index contributed by atoms with van der Waals surface area (Å²) in [5.74, 6) is -0.185. The third-order valence-electron chi connectivity index (χ3n) is 3.65. The van der Waals surface area contributed by atoms with Crippen LogP contribution in [0.1, 0.15) is 53.9 Å². The quantitative estimate of drug-likeness (QED) is 0.855. The molecule has 1 aliphatic rings. The fourth-order valence-electron chi connectivity index (χ4n) is 2.42. The Kier molecular flexibility index (Phi) is 7.70. The van der Waals surface area contributed by atoms with Gasteiger partial charge in [0.15, 0.2) is 0 Å². The lowest BCUT2D eigenvalue weighted by molar-refractivity contribution is -0.140. The van der Waals surface area contributed by atoms with Crippen LogP contribution < -0.4 is 0 Å². The second-order valence-electron chi connectivity index (χ2n) is 5.17. The lowest BCUT2D eigenvalue weighted by Crippen LogP contribution is -2.50. The highest BCUT2D eigenvalue weighted by Crippen LogP contribution is 2.31. The van der Waals surface area contributed by atoms with E-state index in [1.165, 1.54) is 0 Å². The first-order chi connectivity index (χ1) is 8.94. The second-order valence-corrected chi connectivity index (χ2v) is 5.17. The molecule has 19 heavy (non-hydrogen) atoms. The van der Waals surface area contributed by atoms with Crippen LogP contribution >= 0.6 is 0 Å². The van der Waals surface area contributed by atoms with E-state index in [9.17, 15) is 9.90 Å². The fourth-order valence-corrected chi connectivity index (χ4v) is 2.42. The Morgan fingerprint density at radius 2 is 1.84 bits per heavy atom. The highest BCUT2D eigenvalue weighted by atomic mass is 16.3. The first-order valence-corrected chi connectivity index (χ1v) is 7.35. The zero-order chi connectivity index (χ0) is 15.1. The van der Waals surface area contributed by atoms with Crippen molar-refractivity contribution in [2.24, 2.45) is 11.8 Å². The van der Waals surface area contributed by atoms with Crippen molar-refractivity contribution in [1.82, 2.24) is 4.90 Å². The Bertz CT molecular complexity index is 313. The largest absolute Gasteiger partial charge is 0.388 e. The van der Waals surface area contributed by atoms with Crippen LogP contribution in [0.4, 0.5) is 0 Å². The molecule has 0 aromatic rings. The summed E-state index contributed by atoms with van der Waals surface area (Å²) in [5.41, 5.74) is -0.905. The van der Waals surface area contributed by atoms with Crippen LogP contribution in [0.25, 0.3) is 0 Å². The molecule has 1 aliphatic heterocycles. The summed E-state index contributed by atoms with van der Waals surface area (Å²) in [6, 6.07) is 2.18. The Morgan fingerprint density at radius 3 is 2.16 bits per heavy atom. The van der Waals surface area contributed by atoms with E-state index in [-0.39, 0.29) is 17.7 Å². The van der Waals surface area contributed by atoms with Crippen molar-refractivity contribution < 1.29 is 9.90 Å². The van der Waals surface area contributed by atoms with E-state index < -0.39 is 5.60 Å². The van der Waals surface area contributed by atoms with Gasteiger partial charge in [-0.3, -0.25) is 4.79 Å². The van der Waals surface area contributed by atoms with Crippen molar-refractivity contribution >= 4 is 5.91 Å². The van der Waals surface area contributed by atoms with Crippen molar-refractivity contribution in [3.8, 4) is 6.07 Å². The smallest absolute Gasteiger partial charge is 0.225 e. The predicted octanol–water partition coefficient (Wildman–Crippen LogP) is 2.57. The summed E-state index contributed by atoms with van der Waals surface area (Å²) >= 11 is 0. The first kappa shape index (κ1) is 17.9. The van der Waals surface area contributed by atoms with Gasteiger partial charge in [-0.15, -0.1) is 0 Å². The maximum absolute atomic E-state index is 11.8. The number of hydrogen-bond donors (Lipinski definition) is 1. The third kappa shape index (κ3) is 4.50. The van der Waals surface area contributed by atoms with E-state index in [2.05, 4.69) is 6.07 Å². The van der Waals surface area contributed by atoms with Gasteiger partial charge in [0.05, 0.1) is 17.6 Å². The van der Waals surface area contributed by atoms with Gasteiger partial charge in [0, 0.05) is 19.0 Å². The van der Waals surface area contributed by atoms with E-state index in [4.69, 9.17) is 5.26 Å². The predicted molar refractivity (Wildman–Crippen MR) is 76.3 cm³/mol. The Labute approximate surface area is 117 Å². The van der Waals surface area contributed by atoms with Gasteiger partial charge in [0.1, 0.15) is 0 Å². The standard InChI is InChI=1S/C13H22N2O2.C2H6/c1-4-11(9-14)13(17)5-7-15(8-6-13)12(16)10(2)3;1-2/h10-11,17H,4-8H2,1-3H3;1-2H3. The molecule has 0 bridgehead atoms. The molecule has 110 valence electrons. The molecule has 4 heteroatoms. The van der Waals surface area contributed by atoms with Crippen LogP contribution in [-0.4, -0.2) is 34.6 Å². The molecular weight excluding hydrogens is 240 g/mol. The van der Waals surface area contributed by atoms with Crippen molar-refractivity contribution in [3.05, 3.63) is 0 Å². The minimum atomic E-state index is -0.905. The number of rotatable bonds is 3. The van der Waals surface area contributed by atoms with E-state index >= 15 is 0 Å². The molecule has 1 N–H and O–H groups in total. The molecule has 0 aliphatic carbocycles. The van der Waals surface area contributed by atoms with Gasteiger partial charge in [-0.05, 0) is 19.3 Å².